The van der Waals surface area contributed by atoms with Crippen molar-refractivity contribution in [3.8, 4) is 16.9 Å². The van der Waals surface area contributed by atoms with Crippen molar-refractivity contribution in [3.05, 3.63) is 89.2 Å². The second kappa shape index (κ2) is 10.3. The van der Waals surface area contributed by atoms with Gasteiger partial charge in [0.2, 0.25) is 0 Å². The van der Waals surface area contributed by atoms with Gasteiger partial charge in [0.15, 0.2) is 5.71 Å². The molecule has 1 N–H and O–H groups in total. The maximum atomic E-state index is 13.4. The van der Waals surface area contributed by atoms with Crippen LogP contribution in [0.5, 0.6) is 5.75 Å². The molecular weight excluding hydrogens is 469 g/mol. The van der Waals surface area contributed by atoms with E-state index in [9.17, 15) is 9.18 Å². The minimum Gasteiger partial charge on any atom is -0.490 e. The highest BCUT2D eigenvalue weighted by molar-refractivity contribution is 6.45. The highest BCUT2D eigenvalue weighted by atomic mass is 19.1. The zero-order valence-electron chi connectivity index (χ0n) is 20.7. The van der Waals surface area contributed by atoms with Gasteiger partial charge in [0, 0.05) is 23.7 Å². The molecule has 2 heterocycles. The number of benzene rings is 3. The normalized spacial score (nSPS) is 17.6. The topological polar surface area (TPSA) is 63.2 Å². The number of fused-ring (bicyclic) bond motifs is 1. The molecule has 1 amide bonds. The number of nitrogens with zero attached hydrogens (tertiary/aromatic N) is 2. The van der Waals surface area contributed by atoms with Crippen molar-refractivity contribution in [1.29, 1.82) is 0 Å². The van der Waals surface area contributed by atoms with E-state index < -0.39 is 0 Å². The number of likely N-dealkylation sites (tertiary alicyclic amines) is 1. The Bertz CT molecular complexity index is 1300. The van der Waals surface area contributed by atoms with Gasteiger partial charge in [-0.25, -0.2) is 4.39 Å². The molecule has 0 unspecified atom stereocenters. The lowest BCUT2D eigenvalue weighted by atomic mass is 9.96. The van der Waals surface area contributed by atoms with Crippen LogP contribution in [0.3, 0.4) is 0 Å². The first-order valence-corrected chi connectivity index (χ1v) is 13.0. The van der Waals surface area contributed by atoms with E-state index in [1.807, 2.05) is 30.3 Å². The van der Waals surface area contributed by atoms with E-state index in [4.69, 9.17) is 9.57 Å². The van der Waals surface area contributed by atoms with E-state index in [1.165, 1.54) is 18.6 Å². The average Bonchev–Trinajstić information content (AvgIpc) is 3.71. The van der Waals surface area contributed by atoms with Crippen molar-refractivity contribution in [2.45, 2.75) is 44.4 Å². The first-order valence-electron chi connectivity index (χ1n) is 13.0. The molecule has 6 rings (SSSR count). The van der Waals surface area contributed by atoms with Crippen molar-refractivity contribution in [2.75, 3.05) is 19.6 Å². The molecule has 3 aromatic rings. The highest BCUT2D eigenvalue weighted by Gasteiger charge is 2.27. The fourth-order valence-electron chi connectivity index (χ4n) is 4.80. The number of oxime groups is 1. The molecule has 0 bridgehead atoms. The Labute approximate surface area is 216 Å². The van der Waals surface area contributed by atoms with Crippen molar-refractivity contribution >= 4 is 11.6 Å². The highest BCUT2D eigenvalue weighted by Crippen LogP contribution is 2.28. The Morgan fingerprint density at radius 3 is 2.51 bits per heavy atom. The number of rotatable bonds is 9. The summed E-state index contributed by atoms with van der Waals surface area (Å²) in [6.45, 7) is 3.18. The molecule has 7 heteroatoms. The largest absolute Gasteiger partial charge is 0.490 e. The summed E-state index contributed by atoms with van der Waals surface area (Å²) in [6.07, 6.45) is 4.55. The molecular formula is C30H30FN3O3. The third-order valence-corrected chi connectivity index (χ3v) is 7.12. The molecule has 0 spiro atoms. The van der Waals surface area contributed by atoms with Gasteiger partial charge in [-0.2, -0.15) is 0 Å². The van der Waals surface area contributed by atoms with Crippen LogP contribution in [0.15, 0.2) is 71.9 Å². The van der Waals surface area contributed by atoms with Crippen LogP contribution in [0.4, 0.5) is 4.39 Å². The smallest absolute Gasteiger partial charge is 0.274 e. The molecule has 3 aliphatic rings. The fraction of sp³-hybridized carbons (Fsp3) is 0.333. The third kappa shape index (κ3) is 5.67. The molecule has 190 valence electrons. The van der Waals surface area contributed by atoms with Crippen LogP contribution in [-0.4, -0.2) is 48.3 Å². The molecule has 1 saturated carbocycles. The van der Waals surface area contributed by atoms with Crippen LogP contribution in [0.1, 0.15) is 36.0 Å². The molecule has 6 nitrogen and oxygen atoms in total. The van der Waals surface area contributed by atoms with Gasteiger partial charge in [-0.1, -0.05) is 41.6 Å². The Balaban J connectivity index is 1.16. The van der Waals surface area contributed by atoms with E-state index in [1.54, 1.807) is 12.1 Å². The van der Waals surface area contributed by atoms with Crippen LogP contribution < -0.4 is 10.1 Å². The minimum absolute atomic E-state index is 0.0606. The van der Waals surface area contributed by atoms with Gasteiger partial charge in [-0.15, -0.1) is 0 Å². The summed E-state index contributed by atoms with van der Waals surface area (Å²) in [5.41, 5.74) is 4.93. The Morgan fingerprint density at radius 1 is 1.05 bits per heavy atom. The van der Waals surface area contributed by atoms with Gasteiger partial charge >= 0.3 is 0 Å². The summed E-state index contributed by atoms with van der Waals surface area (Å²) >= 11 is 0. The fourth-order valence-corrected chi connectivity index (χ4v) is 4.80. The Hall–Kier alpha value is -3.71. The molecule has 2 fully saturated rings. The second-order valence-electron chi connectivity index (χ2n) is 10.1. The number of carbonyl (C=O) groups is 1. The van der Waals surface area contributed by atoms with Gasteiger partial charge in [0.1, 0.15) is 18.2 Å². The van der Waals surface area contributed by atoms with Crippen molar-refractivity contribution in [3.63, 3.8) is 0 Å². The van der Waals surface area contributed by atoms with Crippen LogP contribution in [0.25, 0.3) is 11.1 Å². The Kier molecular flexibility index (Phi) is 6.62. The van der Waals surface area contributed by atoms with Crippen molar-refractivity contribution in [1.82, 2.24) is 10.2 Å². The summed E-state index contributed by atoms with van der Waals surface area (Å²) in [6, 6.07) is 20.3. The lowest BCUT2D eigenvalue weighted by Crippen LogP contribution is -2.51. The van der Waals surface area contributed by atoms with E-state index in [0.717, 1.165) is 72.5 Å². The van der Waals surface area contributed by atoms with Crippen molar-refractivity contribution < 1.29 is 18.8 Å². The van der Waals surface area contributed by atoms with E-state index in [-0.39, 0.29) is 30.1 Å². The number of amides is 1. The van der Waals surface area contributed by atoms with E-state index in [0.29, 0.717) is 6.10 Å². The molecule has 1 atom stereocenters. The maximum absolute atomic E-state index is 13.4. The summed E-state index contributed by atoms with van der Waals surface area (Å²) in [5, 5.41) is 7.35. The first kappa shape index (κ1) is 23.7. The standard InChI is InChI=1S/C30H30FN3O3/c31-24-7-4-21(5-8-24)22-6-13-28-23(17-22)19-36-33-29(28)30(35)32-25(18-34-14-1-15-34)16-20-2-9-26(10-3-20)37-27-11-12-27/h2-10,13,17,25,27H,1,11-12,14-16,18-19H2,(H,32,35)/t25-/m0/s1. The maximum Gasteiger partial charge on any atom is 0.274 e. The first-order chi connectivity index (χ1) is 18.1. The van der Waals surface area contributed by atoms with Crippen LogP contribution >= 0.6 is 0 Å². The molecule has 0 aromatic heterocycles. The number of carbonyl (C=O) groups excluding carboxylic acids is 1. The zero-order valence-corrected chi connectivity index (χ0v) is 20.7. The third-order valence-electron chi connectivity index (χ3n) is 7.12. The number of hydrogen-bond acceptors (Lipinski definition) is 5. The SMILES string of the molecule is O=C(N[C@@H](Cc1ccc(OC2CC2)cc1)CN1CCC1)C1=NOCc2cc(-c3ccc(F)cc3)ccc21. The quantitative estimate of drug-likeness (QED) is 0.464. The lowest BCUT2D eigenvalue weighted by Gasteiger charge is -2.34. The summed E-state index contributed by atoms with van der Waals surface area (Å²) < 4.78 is 19.2. The van der Waals surface area contributed by atoms with Gasteiger partial charge in [0.25, 0.3) is 5.91 Å². The van der Waals surface area contributed by atoms with Crippen LogP contribution in [0, 0.1) is 5.82 Å². The van der Waals surface area contributed by atoms with E-state index >= 15 is 0 Å². The van der Waals surface area contributed by atoms with Crippen molar-refractivity contribution in [2.24, 2.45) is 5.16 Å². The number of nitrogens with one attached hydrogen (secondary N) is 1. The summed E-state index contributed by atoms with van der Waals surface area (Å²) in [4.78, 5) is 21.2. The molecule has 3 aromatic carbocycles. The van der Waals surface area contributed by atoms with Gasteiger partial charge in [-0.05, 0) is 85.8 Å². The van der Waals surface area contributed by atoms with Crippen LogP contribution in [0.2, 0.25) is 0 Å². The molecule has 37 heavy (non-hydrogen) atoms. The molecule has 2 aliphatic heterocycles. The van der Waals surface area contributed by atoms with Crippen LogP contribution in [-0.2, 0) is 22.7 Å². The van der Waals surface area contributed by atoms with Gasteiger partial charge in [-0.3, -0.25) is 4.79 Å². The monoisotopic (exact) mass is 499 g/mol. The predicted molar refractivity (Wildman–Crippen MR) is 140 cm³/mol. The number of ether oxygens (including phenoxy) is 1. The van der Waals surface area contributed by atoms with Gasteiger partial charge in [0.05, 0.1) is 6.10 Å². The summed E-state index contributed by atoms with van der Waals surface area (Å²) in [5.74, 6) is 0.390. The average molecular weight is 500 g/mol. The number of hydrogen-bond donors (Lipinski definition) is 1. The Morgan fingerprint density at radius 2 is 1.81 bits per heavy atom. The van der Waals surface area contributed by atoms with E-state index in [2.05, 4.69) is 27.5 Å². The second-order valence-corrected chi connectivity index (χ2v) is 10.1. The zero-order chi connectivity index (χ0) is 25.2. The minimum atomic E-state index is -0.272. The number of halogens is 1. The van der Waals surface area contributed by atoms with Gasteiger partial charge < -0.3 is 19.8 Å². The molecule has 1 saturated heterocycles. The predicted octanol–water partition coefficient (Wildman–Crippen LogP) is 4.70. The molecule has 0 radical (unpaired) electrons. The molecule has 1 aliphatic carbocycles. The summed E-state index contributed by atoms with van der Waals surface area (Å²) in [7, 11) is 0. The lowest BCUT2D eigenvalue weighted by molar-refractivity contribution is -0.115.